The van der Waals surface area contributed by atoms with Crippen molar-refractivity contribution in [2.24, 2.45) is 0 Å². The van der Waals surface area contributed by atoms with Crippen molar-refractivity contribution in [3.63, 3.8) is 0 Å². The molecule has 1 aromatic carbocycles. The molecule has 0 unspecified atom stereocenters. The van der Waals surface area contributed by atoms with E-state index in [0.717, 1.165) is 19.3 Å². The maximum Gasteiger partial charge on any atom is 0.327 e. The lowest BCUT2D eigenvalue weighted by molar-refractivity contribution is -0.144. The summed E-state index contributed by atoms with van der Waals surface area (Å²) in [5, 5.41) is 12.5. The number of esters is 1. The number of benzene rings is 1. The lowest BCUT2D eigenvalue weighted by atomic mass is 10.2. The van der Waals surface area contributed by atoms with Crippen molar-refractivity contribution in [3.8, 4) is 23.0 Å². The van der Waals surface area contributed by atoms with Gasteiger partial charge in [-0.2, -0.15) is 5.10 Å². The molecule has 0 fully saturated rings. The van der Waals surface area contributed by atoms with Crippen LogP contribution in [-0.4, -0.2) is 71.8 Å². The van der Waals surface area contributed by atoms with E-state index in [1.165, 1.54) is 16.8 Å². The molecule has 3 aromatic rings. The minimum absolute atomic E-state index is 0.124. The van der Waals surface area contributed by atoms with Crippen LogP contribution in [0.1, 0.15) is 19.5 Å². The maximum atomic E-state index is 12.4. The van der Waals surface area contributed by atoms with Gasteiger partial charge in [0.05, 0.1) is 15.1 Å². The standard InChI is InChI=1S/C21H26BrN5O5S/c1-5-26(6-2)10-11-31-17(28)13-27-19(18(22)14(3)25-27)21-24-23-20(32-21)15-8-7-9-16(12-15)33(4,29)30/h7-9,12H,5-6,10-11,13H2,1-4H3. The van der Waals surface area contributed by atoms with Gasteiger partial charge in [-0.1, -0.05) is 19.9 Å². The van der Waals surface area contributed by atoms with Crippen LogP contribution < -0.4 is 0 Å². The number of hydrogen-bond donors (Lipinski definition) is 0. The lowest BCUT2D eigenvalue weighted by Crippen LogP contribution is -2.28. The Morgan fingerprint density at radius 1 is 1.21 bits per heavy atom. The molecule has 33 heavy (non-hydrogen) atoms. The summed E-state index contributed by atoms with van der Waals surface area (Å²) < 4.78 is 36.9. The van der Waals surface area contributed by atoms with Crippen LogP contribution in [0, 0.1) is 6.92 Å². The average molecular weight is 540 g/mol. The topological polar surface area (TPSA) is 120 Å². The van der Waals surface area contributed by atoms with Crippen LogP contribution in [0.3, 0.4) is 0 Å². The molecule has 0 aliphatic carbocycles. The summed E-state index contributed by atoms with van der Waals surface area (Å²) in [6.07, 6.45) is 1.13. The zero-order valence-corrected chi connectivity index (χ0v) is 21.3. The highest BCUT2D eigenvalue weighted by Gasteiger charge is 2.23. The normalized spacial score (nSPS) is 11.8. The van der Waals surface area contributed by atoms with E-state index in [0.29, 0.717) is 34.6 Å². The van der Waals surface area contributed by atoms with Crippen molar-refractivity contribution in [2.45, 2.75) is 32.2 Å². The Kier molecular flexibility index (Phi) is 8.03. The van der Waals surface area contributed by atoms with Gasteiger partial charge in [-0.25, -0.2) is 13.1 Å². The van der Waals surface area contributed by atoms with Crippen LogP contribution in [0.15, 0.2) is 38.1 Å². The molecule has 0 aliphatic rings. The second-order valence-corrected chi connectivity index (χ2v) is 10.2. The number of hydrogen-bond acceptors (Lipinski definition) is 9. The Hall–Kier alpha value is -2.57. The number of rotatable bonds is 10. The van der Waals surface area contributed by atoms with Gasteiger partial charge < -0.3 is 14.1 Å². The molecule has 12 heteroatoms. The van der Waals surface area contributed by atoms with E-state index >= 15 is 0 Å². The second kappa shape index (κ2) is 10.6. The third kappa shape index (κ3) is 6.06. The largest absolute Gasteiger partial charge is 0.463 e. The van der Waals surface area contributed by atoms with Crippen LogP contribution in [0.2, 0.25) is 0 Å². The lowest BCUT2D eigenvalue weighted by Gasteiger charge is -2.17. The third-order valence-electron chi connectivity index (χ3n) is 5.03. The van der Waals surface area contributed by atoms with E-state index < -0.39 is 15.8 Å². The molecule has 0 amide bonds. The number of aryl methyl sites for hydroxylation is 1. The molecule has 178 valence electrons. The summed E-state index contributed by atoms with van der Waals surface area (Å²) in [6.45, 7) is 8.48. The number of aromatic nitrogens is 4. The Morgan fingerprint density at radius 2 is 1.91 bits per heavy atom. The Bertz CT molecular complexity index is 1230. The molecule has 0 aliphatic heterocycles. The maximum absolute atomic E-state index is 12.4. The van der Waals surface area contributed by atoms with Crippen LogP contribution in [0.5, 0.6) is 0 Å². The highest BCUT2D eigenvalue weighted by molar-refractivity contribution is 9.10. The summed E-state index contributed by atoms with van der Waals surface area (Å²) in [6, 6.07) is 6.25. The van der Waals surface area contributed by atoms with E-state index in [1.54, 1.807) is 19.1 Å². The van der Waals surface area contributed by atoms with Crippen molar-refractivity contribution >= 4 is 31.7 Å². The molecule has 0 spiro atoms. The second-order valence-electron chi connectivity index (χ2n) is 7.37. The van der Waals surface area contributed by atoms with Gasteiger partial charge in [-0.15, -0.1) is 10.2 Å². The van der Waals surface area contributed by atoms with Crippen LogP contribution in [0.4, 0.5) is 0 Å². The van der Waals surface area contributed by atoms with Crippen molar-refractivity contribution < 1.29 is 22.4 Å². The minimum atomic E-state index is -3.38. The predicted molar refractivity (Wildman–Crippen MR) is 125 cm³/mol. The molecular formula is C21H26BrN5O5S. The summed E-state index contributed by atoms with van der Waals surface area (Å²) in [5.74, 6) is -0.147. The van der Waals surface area contributed by atoms with Crippen molar-refractivity contribution in [3.05, 3.63) is 34.4 Å². The molecular weight excluding hydrogens is 514 g/mol. The highest BCUT2D eigenvalue weighted by Crippen LogP contribution is 2.32. The minimum Gasteiger partial charge on any atom is -0.463 e. The first-order chi connectivity index (χ1) is 15.6. The van der Waals surface area contributed by atoms with E-state index in [2.05, 4.69) is 50.0 Å². The zero-order valence-electron chi connectivity index (χ0n) is 18.9. The SMILES string of the molecule is CCN(CC)CCOC(=O)Cn1nc(C)c(Br)c1-c1nnc(-c2cccc(S(C)(=O)=O)c2)o1. The highest BCUT2D eigenvalue weighted by atomic mass is 79.9. The Labute approximate surface area is 201 Å². The molecule has 0 atom stereocenters. The number of nitrogens with zero attached hydrogens (tertiary/aromatic N) is 5. The number of halogens is 1. The Morgan fingerprint density at radius 3 is 2.58 bits per heavy atom. The number of ether oxygens (including phenoxy) is 1. The van der Waals surface area contributed by atoms with Gasteiger partial charge in [0.25, 0.3) is 5.89 Å². The third-order valence-corrected chi connectivity index (χ3v) is 7.09. The molecule has 0 saturated heterocycles. The van der Waals surface area contributed by atoms with Crippen molar-refractivity contribution in [1.82, 2.24) is 24.9 Å². The smallest absolute Gasteiger partial charge is 0.327 e. The summed E-state index contributed by atoms with van der Waals surface area (Å²) in [5.41, 5.74) is 1.54. The van der Waals surface area contributed by atoms with Gasteiger partial charge in [0.15, 0.2) is 9.84 Å². The van der Waals surface area contributed by atoms with Crippen LogP contribution in [-0.2, 0) is 25.9 Å². The molecule has 0 saturated carbocycles. The fraction of sp³-hybridized carbons (Fsp3) is 0.429. The average Bonchev–Trinajstić information content (AvgIpc) is 3.35. The summed E-state index contributed by atoms with van der Waals surface area (Å²) in [7, 11) is -3.38. The number of carbonyl (C=O) groups excluding carboxylic acids is 1. The first-order valence-corrected chi connectivity index (χ1v) is 13.1. The fourth-order valence-electron chi connectivity index (χ4n) is 3.17. The molecule has 2 heterocycles. The molecule has 2 aromatic heterocycles. The van der Waals surface area contributed by atoms with Gasteiger partial charge >= 0.3 is 5.97 Å². The van der Waals surface area contributed by atoms with Crippen LogP contribution in [0.25, 0.3) is 23.0 Å². The zero-order chi connectivity index (χ0) is 24.2. The van der Waals surface area contributed by atoms with Crippen LogP contribution >= 0.6 is 15.9 Å². The van der Waals surface area contributed by atoms with Gasteiger partial charge in [0.1, 0.15) is 18.8 Å². The number of likely N-dealkylation sites (N-methyl/N-ethyl adjacent to an activating group) is 1. The molecule has 10 nitrogen and oxygen atoms in total. The fourth-order valence-corrected chi connectivity index (χ4v) is 4.29. The predicted octanol–water partition coefficient (Wildman–Crippen LogP) is 2.96. The molecule has 0 bridgehead atoms. The molecule has 0 N–H and O–H groups in total. The van der Waals surface area contributed by atoms with Gasteiger partial charge in [-0.05, 0) is 54.1 Å². The van der Waals surface area contributed by atoms with E-state index in [4.69, 9.17) is 9.15 Å². The van der Waals surface area contributed by atoms with Gasteiger partial charge in [-0.3, -0.25) is 4.79 Å². The first kappa shape index (κ1) is 25.1. The summed E-state index contributed by atoms with van der Waals surface area (Å²) >= 11 is 3.47. The van der Waals surface area contributed by atoms with E-state index in [-0.39, 0.29) is 23.2 Å². The van der Waals surface area contributed by atoms with E-state index in [9.17, 15) is 13.2 Å². The quantitative estimate of drug-likeness (QED) is 0.358. The van der Waals surface area contributed by atoms with Crippen molar-refractivity contribution in [2.75, 3.05) is 32.5 Å². The van der Waals surface area contributed by atoms with Crippen molar-refractivity contribution in [1.29, 1.82) is 0 Å². The molecule has 3 rings (SSSR count). The number of carbonyl (C=O) groups is 1. The Balaban J connectivity index is 1.81. The monoisotopic (exact) mass is 539 g/mol. The molecule has 0 radical (unpaired) electrons. The van der Waals surface area contributed by atoms with E-state index in [1.807, 2.05) is 0 Å². The summed E-state index contributed by atoms with van der Waals surface area (Å²) in [4.78, 5) is 14.7. The number of sulfone groups is 1. The van der Waals surface area contributed by atoms with Gasteiger partial charge in [0, 0.05) is 18.4 Å². The van der Waals surface area contributed by atoms with Gasteiger partial charge in [0.2, 0.25) is 5.89 Å². The first-order valence-electron chi connectivity index (χ1n) is 10.4.